The van der Waals surface area contributed by atoms with E-state index in [2.05, 4.69) is 21.0 Å². The molecule has 6 heteroatoms. The first kappa shape index (κ1) is 14.2. The van der Waals surface area contributed by atoms with E-state index in [1.54, 1.807) is 7.11 Å². The summed E-state index contributed by atoms with van der Waals surface area (Å²) in [6, 6.07) is 9.83. The van der Waals surface area contributed by atoms with Crippen LogP contribution in [0, 0.1) is 0 Å². The van der Waals surface area contributed by atoms with E-state index in [1.807, 2.05) is 42.0 Å². The normalized spacial score (nSPS) is 11.6. The topological polar surface area (TPSA) is 70.8 Å². The van der Waals surface area contributed by atoms with Gasteiger partial charge in [0.1, 0.15) is 16.1 Å². The summed E-state index contributed by atoms with van der Waals surface area (Å²) >= 11 is 1.44. The van der Waals surface area contributed by atoms with Crippen LogP contribution in [0.1, 0.15) is 0 Å². The molecule has 0 aliphatic heterocycles. The number of thiophene rings is 1. The molecule has 0 radical (unpaired) electrons. The monoisotopic (exact) mass is 347 g/mol. The standard InChI is InChI=1S/C19H13N3O2S/c1-24-14-3-2-13-16(12-5-7-25-17(12)19(23)22-13)15(14)11-8-10-4-6-20-18(10)21-9-11/h2-9H,1H3,(H,20,21)(H,22,23). The van der Waals surface area contributed by atoms with E-state index in [4.69, 9.17) is 4.74 Å². The Balaban J connectivity index is 1.98. The molecule has 0 aliphatic carbocycles. The summed E-state index contributed by atoms with van der Waals surface area (Å²) in [5.41, 5.74) is 3.47. The number of aromatic nitrogens is 3. The van der Waals surface area contributed by atoms with Gasteiger partial charge < -0.3 is 14.7 Å². The minimum atomic E-state index is -0.0622. The van der Waals surface area contributed by atoms with Crippen molar-refractivity contribution in [3.8, 4) is 16.9 Å². The highest BCUT2D eigenvalue weighted by Crippen LogP contribution is 2.40. The lowest BCUT2D eigenvalue weighted by Crippen LogP contribution is -2.05. The summed E-state index contributed by atoms with van der Waals surface area (Å²) in [5.74, 6) is 0.753. The first-order chi connectivity index (χ1) is 12.3. The first-order valence-corrected chi connectivity index (χ1v) is 8.68. The number of methoxy groups -OCH3 is 1. The number of H-pyrrole nitrogens is 2. The maximum absolute atomic E-state index is 12.3. The van der Waals surface area contributed by atoms with Crippen LogP contribution in [0.25, 0.3) is 43.1 Å². The number of aromatic amines is 2. The second kappa shape index (κ2) is 5.19. The Morgan fingerprint density at radius 2 is 2.12 bits per heavy atom. The zero-order valence-electron chi connectivity index (χ0n) is 13.3. The first-order valence-electron chi connectivity index (χ1n) is 7.80. The molecule has 2 N–H and O–H groups in total. The van der Waals surface area contributed by atoms with Crippen molar-refractivity contribution >= 4 is 43.4 Å². The van der Waals surface area contributed by atoms with Crippen LogP contribution in [0.4, 0.5) is 0 Å². The van der Waals surface area contributed by atoms with Gasteiger partial charge in [-0.15, -0.1) is 11.3 Å². The van der Waals surface area contributed by atoms with Crippen molar-refractivity contribution in [1.29, 1.82) is 0 Å². The van der Waals surface area contributed by atoms with Gasteiger partial charge in [0.2, 0.25) is 0 Å². The van der Waals surface area contributed by atoms with Gasteiger partial charge in [0, 0.05) is 45.2 Å². The average Bonchev–Trinajstić information content (AvgIpc) is 3.29. The molecule has 0 atom stereocenters. The minimum absolute atomic E-state index is 0.0622. The van der Waals surface area contributed by atoms with Gasteiger partial charge in [-0.05, 0) is 35.7 Å². The lowest BCUT2D eigenvalue weighted by atomic mass is 9.98. The van der Waals surface area contributed by atoms with Crippen LogP contribution >= 0.6 is 11.3 Å². The number of fused-ring (bicyclic) bond motifs is 4. The summed E-state index contributed by atoms with van der Waals surface area (Å²) in [6.45, 7) is 0. The van der Waals surface area contributed by atoms with E-state index >= 15 is 0 Å². The molecule has 0 unspecified atom stereocenters. The second-order valence-corrected chi connectivity index (χ2v) is 6.74. The molecular weight excluding hydrogens is 334 g/mol. The number of nitrogens with one attached hydrogen (secondary N) is 2. The molecule has 25 heavy (non-hydrogen) atoms. The maximum atomic E-state index is 12.3. The fourth-order valence-corrected chi connectivity index (χ4v) is 4.16. The number of pyridine rings is 2. The van der Waals surface area contributed by atoms with Crippen LogP contribution in [0.5, 0.6) is 5.75 Å². The largest absolute Gasteiger partial charge is 0.496 e. The summed E-state index contributed by atoms with van der Waals surface area (Å²) in [6.07, 6.45) is 3.70. The van der Waals surface area contributed by atoms with E-state index in [9.17, 15) is 4.79 Å². The van der Waals surface area contributed by atoms with Crippen molar-refractivity contribution in [1.82, 2.24) is 15.0 Å². The van der Waals surface area contributed by atoms with Gasteiger partial charge >= 0.3 is 0 Å². The molecule has 0 amide bonds. The molecule has 0 aliphatic rings. The number of nitrogens with zero attached hydrogens (tertiary/aromatic N) is 1. The Hall–Kier alpha value is -3.12. The summed E-state index contributed by atoms with van der Waals surface area (Å²) in [4.78, 5) is 22.9. The van der Waals surface area contributed by atoms with Gasteiger partial charge in [-0.1, -0.05) is 0 Å². The summed E-state index contributed by atoms with van der Waals surface area (Å²) < 4.78 is 6.35. The van der Waals surface area contributed by atoms with Crippen molar-refractivity contribution < 1.29 is 4.74 Å². The number of hydrogen-bond acceptors (Lipinski definition) is 4. The highest BCUT2D eigenvalue weighted by Gasteiger charge is 2.16. The molecule has 5 aromatic rings. The number of benzene rings is 1. The zero-order chi connectivity index (χ0) is 17.0. The average molecular weight is 347 g/mol. The Bertz CT molecular complexity index is 1310. The Labute approximate surface area is 145 Å². The molecule has 5 nitrogen and oxygen atoms in total. The van der Waals surface area contributed by atoms with Gasteiger partial charge in [-0.2, -0.15) is 0 Å². The fraction of sp³-hybridized carbons (Fsp3) is 0.0526. The van der Waals surface area contributed by atoms with Gasteiger partial charge in [-0.3, -0.25) is 4.79 Å². The maximum Gasteiger partial charge on any atom is 0.266 e. The molecule has 122 valence electrons. The summed E-state index contributed by atoms with van der Waals surface area (Å²) in [7, 11) is 1.66. The minimum Gasteiger partial charge on any atom is -0.496 e. The van der Waals surface area contributed by atoms with Crippen molar-refractivity contribution in [3.05, 3.63) is 58.5 Å². The van der Waals surface area contributed by atoms with Gasteiger partial charge in [0.15, 0.2) is 0 Å². The van der Waals surface area contributed by atoms with E-state index < -0.39 is 0 Å². The molecule has 5 rings (SSSR count). The van der Waals surface area contributed by atoms with Crippen LogP contribution in [-0.2, 0) is 0 Å². The fourth-order valence-electron chi connectivity index (χ4n) is 3.36. The van der Waals surface area contributed by atoms with Crippen LogP contribution in [-0.4, -0.2) is 22.1 Å². The molecule has 4 aromatic heterocycles. The Morgan fingerprint density at radius 3 is 3.00 bits per heavy atom. The van der Waals surface area contributed by atoms with Crippen molar-refractivity contribution in [2.24, 2.45) is 0 Å². The molecule has 0 saturated carbocycles. The smallest absolute Gasteiger partial charge is 0.266 e. The Morgan fingerprint density at radius 1 is 1.20 bits per heavy atom. The van der Waals surface area contributed by atoms with Crippen LogP contribution in [0.15, 0.2) is 52.9 Å². The third-order valence-electron chi connectivity index (χ3n) is 4.46. The molecule has 0 bridgehead atoms. The third-order valence-corrected chi connectivity index (χ3v) is 5.38. The van der Waals surface area contributed by atoms with Gasteiger partial charge in [-0.25, -0.2) is 4.98 Å². The van der Waals surface area contributed by atoms with Crippen molar-refractivity contribution in [3.63, 3.8) is 0 Å². The van der Waals surface area contributed by atoms with Crippen molar-refractivity contribution in [2.75, 3.05) is 7.11 Å². The molecule has 0 fully saturated rings. The molecular formula is C19H13N3O2S. The van der Waals surface area contributed by atoms with E-state index in [1.165, 1.54) is 11.3 Å². The van der Waals surface area contributed by atoms with Gasteiger partial charge in [0.05, 0.1) is 7.11 Å². The molecule has 1 aromatic carbocycles. The number of ether oxygens (including phenoxy) is 1. The van der Waals surface area contributed by atoms with Crippen molar-refractivity contribution in [2.45, 2.75) is 0 Å². The SMILES string of the molecule is COc1ccc2[nH]c(=O)c3sccc3c2c1-c1cnc2[nH]ccc2c1. The highest BCUT2D eigenvalue weighted by atomic mass is 32.1. The molecule has 0 spiro atoms. The zero-order valence-corrected chi connectivity index (χ0v) is 14.1. The van der Waals surface area contributed by atoms with E-state index in [0.29, 0.717) is 0 Å². The predicted molar refractivity (Wildman–Crippen MR) is 102 cm³/mol. The van der Waals surface area contributed by atoms with Crippen LogP contribution in [0.2, 0.25) is 0 Å². The summed E-state index contributed by atoms with van der Waals surface area (Å²) in [5, 5.41) is 4.89. The second-order valence-electron chi connectivity index (χ2n) is 5.82. The third kappa shape index (κ3) is 2.01. The van der Waals surface area contributed by atoms with E-state index in [0.717, 1.165) is 48.9 Å². The number of rotatable bonds is 2. The molecule has 4 heterocycles. The highest BCUT2D eigenvalue weighted by molar-refractivity contribution is 7.17. The van der Waals surface area contributed by atoms with Crippen LogP contribution in [0.3, 0.4) is 0 Å². The van der Waals surface area contributed by atoms with E-state index in [-0.39, 0.29) is 5.56 Å². The lowest BCUT2D eigenvalue weighted by Gasteiger charge is -2.13. The van der Waals surface area contributed by atoms with Crippen LogP contribution < -0.4 is 10.3 Å². The number of hydrogen-bond donors (Lipinski definition) is 2. The van der Waals surface area contributed by atoms with Gasteiger partial charge in [0.25, 0.3) is 5.56 Å². The lowest BCUT2D eigenvalue weighted by molar-refractivity contribution is 0.417. The Kier molecular flexibility index (Phi) is 2.96. The molecule has 0 saturated heterocycles. The predicted octanol–water partition coefficient (Wildman–Crippen LogP) is 4.29. The quantitative estimate of drug-likeness (QED) is 0.500.